The Bertz CT molecular complexity index is 610. The summed E-state index contributed by atoms with van der Waals surface area (Å²) >= 11 is 4.76. The lowest BCUT2D eigenvalue weighted by Gasteiger charge is -2.00. The number of aromatic nitrogens is 2. The Hall–Kier alpha value is -1.71. The first-order valence-corrected chi connectivity index (χ1v) is 6.77. The van der Waals surface area contributed by atoms with Crippen LogP contribution in [0.25, 0.3) is 5.57 Å². The van der Waals surface area contributed by atoms with Crippen molar-refractivity contribution in [3.63, 3.8) is 0 Å². The van der Waals surface area contributed by atoms with Crippen molar-refractivity contribution in [2.75, 3.05) is 5.32 Å². The van der Waals surface area contributed by atoms with Gasteiger partial charge in [0.1, 0.15) is 22.5 Å². The third-order valence-corrected chi connectivity index (χ3v) is 3.52. The standard InChI is InChI=1S/C12H9BrN4S/c1-8-7-18-12(17-8)9(4-14)5-15-11-3-2-10(13)6-16-11/h2-3,5-7H,1H3,(H,15,16)/b9-5+. The SMILES string of the molecule is Cc1csc(/C(C#N)=C/Nc2ccc(Br)cn2)n1. The van der Waals surface area contributed by atoms with E-state index in [2.05, 4.69) is 37.3 Å². The van der Waals surface area contributed by atoms with E-state index in [0.717, 1.165) is 10.2 Å². The fourth-order valence-corrected chi connectivity index (χ4v) is 2.22. The first kappa shape index (κ1) is 12.7. The van der Waals surface area contributed by atoms with Gasteiger partial charge in [-0.15, -0.1) is 11.3 Å². The molecule has 2 aromatic heterocycles. The molecular formula is C12H9BrN4S. The number of allylic oxidation sites excluding steroid dienone is 1. The Morgan fingerprint density at radius 1 is 1.56 bits per heavy atom. The van der Waals surface area contributed by atoms with Gasteiger partial charge in [0.2, 0.25) is 0 Å². The highest BCUT2D eigenvalue weighted by atomic mass is 79.9. The number of pyridine rings is 1. The maximum atomic E-state index is 9.09. The minimum absolute atomic E-state index is 0.498. The average Bonchev–Trinajstić information content (AvgIpc) is 2.79. The van der Waals surface area contributed by atoms with E-state index >= 15 is 0 Å². The normalized spacial score (nSPS) is 11.1. The highest BCUT2D eigenvalue weighted by molar-refractivity contribution is 9.10. The van der Waals surface area contributed by atoms with Crippen LogP contribution in [0.3, 0.4) is 0 Å². The van der Waals surface area contributed by atoms with Gasteiger partial charge in [-0.2, -0.15) is 5.26 Å². The van der Waals surface area contributed by atoms with Gasteiger partial charge < -0.3 is 5.32 Å². The number of aryl methyl sites for hydroxylation is 1. The molecule has 0 unspecified atom stereocenters. The highest BCUT2D eigenvalue weighted by Crippen LogP contribution is 2.19. The van der Waals surface area contributed by atoms with Gasteiger partial charge in [0, 0.05) is 27.9 Å². The largest absolute Gasteiger partial charge is 0.345 e. The average molecular weight is 321 g/mol. The molecule has 0 saturated heterocycles. The monoisotopic (exact) mass is 320 g/mol. The zero-order valence-corrected chi connectivity index (χ0v) is 11.9. The van der Waals surface area contributed by atoms with E-state index < -0.39 is 0 Å². The quantitative estimate of drug-likeness (QED) is 0.878. The van der Waals surface area contributed by atoms with Gasteiger partial charge in [-0.05, 0) is 35.0 Å². The molecule has 90 valence electrons. The van der Waals surface area contributed by atoms with E-state index in [-0.39, 0.29) is 0 Å². The summed E-state index contributed by atoms with van der Waals surface area (Å²) in [5.74, 6) is 0.680. The number of nitrogens with zero attached hydrogens (tertiary/aromatic N) is 3. The molecule has 0 aromatic carbocycles. The van der Waals surface area contributed by atoms with Crippen LogP contribution in [0.4, 0.5) is 5.82 Å². The van der Waals surface area contributed by atoms with Crippen LogP contribution in [-0.4, -0.2) is 9.97 Å². The summed E-state index contributed by atoms with van der Waals surface area (Å²) in [4.78, 5) is 8.42. The molecule has 0 amide bonds. The van der Waals surface area contributed by atoms with Gasteiger partial charge in [-0.1, -0.05) is 0 Å². The Kier molecular flexibility index (Phi) is 4.07. The van der Waals surface area contributed by atoms with Crippen LogP contribution in [0.15, 0.2) is 34.4 Å². The third kappa shape index (κ3) is 3.15. The molecular weight excluding hydrogens is 312 g/mol. The molecule has 0 aliphatic heterocycles. The molecule has 6 heteroatoms. The maximum absolute atomic E-state index is 9.09. The van der Waals surface area contributed by atoms with Gasteiger partial charge in [0.05, 0.1) is 0 Å². The lowest BCUT2D eigenvalue weighted by Crippen LogP contribution is -1.93. The zero-order chi connectivity index (χ0) is 13.0. The number of thiazole rings is 1. The summed E-state index contributed by atoms with van der Waals surface area (Å²) in [7, 11) is 0. The molecule has 1 N–H and O–H groups in total. The molecule has 0 atom stereocenters. The van der Waals surface area contributed by atoms with Gasteiger partial charge in [-0.3, -0.25) is 0 Å². The van der Waals surface area contributed by atoms with Crippen molar-refractivity contribution in [1.29, 1.82) is 5.26 Å². The van der Waals surface area contributed by atoms with E-state index in [4.69, 9.17) is 5.26 Å². The first-order chi connectivity index (χ1) is 8.69. The molecule has 0 radical (unpaired) electrons. The maximum Gasteiger partial charge on any atom is 0.135 e. The van der Waals surface area contributed by atoms with Crippen LogP contribution in [-0.2, 0) is 0 Å². The van der Waals surface area contributed by atoms with Crippen molar-refractivity contribution in [1.82, 2.24) is 9.97 Å². The topological polar surface area (TPSA) is 61.6 Å². The fraction of sp³-hybridized carbons (Fsp3) is 0.0833. The molecule has 0 aliphatic carbocycles. The molecule has 2 aromatic rings. The second-order valence-electron chi connectivity index (χ2n) is 3.47. The number of nitrogens with one attached hydrogen (secondary N) is 1. The van der Waals surface area contributed by atoms with Gasteiger partial charge >= 0.3 is 0 Å². The highest BCUT2D eigenvalue weighted by Gasteiger charge is 2.05. The van der Waals surface area contributed by atoms with Crippen molar-refractivity contribution in [3.05, 3.63) is 45.1 Å². The van der Waals surface area contributed by atoms with Gasteiger partial charge in [0.15, 0.2) is 0 Å². The summed E-state index contributed by atoms with van der Waals surface area (Å²) in [6.07, 6.45) is 3.31. The van der Waals surface area contributed by atoms with Gasteiger partial charge in [0.25, 0.3) is 0 Å². The molecule has 2 rings (SSSR count). The minimum Gasteiger partial charge on any atom is -0.345 e. The molecule has 0 aliphatic rings. The van der Waals surface area contributed by atoms with Crippen LogP contribution in [0, 0.1) is 18.3 Å². The smallest absolute Gasteiger partial charge is 0.135 e. The number of nitriles is 1. The summed E-state index contributed by atoms with van der Waals surface area (Å²) in [5, 5.41) is 14.7. The lowest BCUT2D eigenvalue weighted by atomic mass is 10.3. The van der Waals surface area contributed by atoms with Gasteiger partial charge in [-0.25, -0.2) is 9.97 Å². The third-order valence-electron chi connectivity index (χ3n) is 2.06. The van der Waals surface area contributed by atoms with E-state index in [0.29, 0.717) is 16.4 Å². The molecule has 0 saturated carbocycles. The molecule has 4 nitrogen and oxygen atoms in total. The van der Waals surface area contributed by atoms with Crippen LogP contribution in [0.5, 0.6) is 0 Å². The van der Waals surface area contributed by atoms with Crippen LogP contribution < -0.4 is 5.32 Å². The molecule has 0 bridgehead atoms. The Labute approximate surface area is 117 Å². The van der Waals surface area contributed by atoms with Crippen LogP contribution in [0.2, 0.25) is 0 Å². The molecule has 2 heterocycles. The van der Waals surface area contributed by atoms with E-state index in [1.807, 2.05) is 24.4 Å². The van der Waals surface area contributed by atoms with Crippen molar-refractivity contribution in [2.45, 2.75) is 6.92 Å². The number of halogens is 1. The first-order valence-electron chi connectivity index (χ1n) is 5.10. The van der Waals surface area contributed by atoms with Crippen molar-refractivity contribution >= 4 is 38.7 Å². The van der Waals surface area contributed by atoms with Crippen molar-refractivity contribution < 1.29 is 0 Å². The molecule has 0 fully saturated rings. The lowest BCUT2D eigenvalue weighted by molar-refractivity contribution is 1.24. The minimum atomic E-state index is 0.498. The van der Waals surface area contributed by atoms with Crippen LogP contribution >= 0.6 is 27.3 Å². The molecule has 0 spiro atoms. The second-order valence-corrected chi connectivity index (χ2v) is 5.24. The predicted molar refractivity (Wildman–Crippen MR) is 76.0 cm³/mol. The summed E-state index contributed by atoms with van der Waals surface area (Å²) in [6.45, 7) is 1.90. The Balaban J connectivity index is 2.16. The van der Waals surface area contributed by atoms with E-state index in [1.54, 1.807) is 12.4 Å². The van der Waals surface area contributed by atoms with Crippen molar-refractivity contribution in [3.8, 4) is 6.07 Å². The Morgan fingerprint density at radius 2 is 2.39 bits per heavy atom. The summed E-state index contributed by atoms with van der Waals surface area (Å²) in [6, 6.07) is 5.82. The summed E-state index contributed by atoms with van der Waals surface area (Å²) in [5.41, 5.74) is 1.41. The second kappa shape index (κ2) is 5.76. The number of rotatable bonds is 3. The zero-order valence-electron chi connectivity index (χ0n) is 9.51. The Morgan fingerprint density at radius 3 is 2.94 bits per heavy atom. The fourth-order valence-electron chi connectivity index (χ4n) is 1.23. The number of anilines is 1. The van der Waals surface area contributed by atoms with E-state index in [9.17, 15) is 0 Å². The number of hydrogen-bond donors (Lipinski definition) is 1. The van der Waals surface area contributed by atoms with Crippen molar-refractivity contribution in [2.24, 2.45) is 0 Å². The van der Waals surface area contributed by atoms with E-state index in [1.165, 1.54) is 11.3 Å². The molecule has 18 heavy (non-hydrogen) atoms. The number of hydrogen-bond acceptors (Lipinski definition) is 5. The predicted octanol–water partition coefficient (Wildman–Crippen LogP) is 3.59. The summed E-state index contributed by atoms with van der Waals surface area (Å²) < 4.78 is 0.910. The van der Waals surface area contributed by atoms with Crippen LogP contribution in [0.1, 0.15) is 10.7 Å².